The normalized spacial score (nSPS) is 25.7. The Kier molecular flexibility index (Phi) is 3.84. The Morgan fingerprint density at radius 3 is 2.41 bits per heavy atom. The van der Waals surface area contributed by atoms with Gasteiger partial charge in [0.15, 0.2) is 9.84 Å². The zero-order valence-corrected chi connectivity index (χ0v) is 10.6. The fourth-order valence-electron chi connectivity index (χ4n) is 2.41. The third-order valence-corrected chi connectivity index (χ3v) is 5.55. The van der Waals surface area contributed by atoms with E-state index in [2.05, 4.69) is 0 Å². The summed E-state index contributed by atoms with van der Waals surface area (Å²) < 4.78 is 24.4. The minimum atomic E-state index is -3.24. The Hall–Kier alpha value is -0.870. The third kappa shape index (κ3) is 3.07. The van der Waals surface area contributed by atoms with Crippen LogP contribution in [0.2, 0.25) is 0 Å². The molecule has 0 aliphatic heterocycles. The average Bonchev–Trinajstić information content (AvgIpc) is 2.30. The molecule has 2 rings (SSSR count). The van der Waals surface area contributed by atoms with Crippen molar-refractivity contribution in [1.82, 2.24) is 0 Å². The van der Waals surface area contributed by atoms with E-state index in [1.54, 1.807) is 0 Å². The van der Waals surface area contributed by atoms with Crippen LogP contribution < -0.4 is 0 Å². The monoisotopic (exact) mass is 254 g/mol. The van der Waals surface area contributed by atoms with Gasteiger partial charge in [-0.05, 0) is 18.4 Å². The molecule has 2 atom stereocenters. The topological polar surface area (TPSA) is 54.4 Å². The highest BCUT2D eigenvalue weighted by Crippen LogP contribution is 2.26. The van der Waals surface area contributed by atoms with E-state index < -0.39 is 21.2 Å². The van der Waals surface area contributed by atoms with Gasteiger partial charge in [0.05, 0.1) is 17.1 Å². The lowest BCUT2D eigenvalue weighted by Crippen LogP contribution is -2.37. The van der Waals surface area contributed by atoms with Gasteiger partial charge >= 0.3 is 0 Å². The Balaban J connectivity index is 2.13. The molecular formula is C13H18O3S. The molecule has 1 aliphatic rings. The van der Waals surface area contributed by atoms with E-state index in [9.17, 15) is 13.5 Å². The van der Waals surface area contributed by atoms with Gasteiger partial charge in [-0.1, -0.05) is 43.2 Å². The van der Waals surface area contributed by atoms with Crippen LogP contribution in [0.1, 0.15) is 31.2 Å². The summed E-state index contributed by atoms with van der Waals surface area (Å²) in [4.78, 5) is 0. The molecule has 0 aromatic heterocycles. The molecule has 0 heterocycles. The Bertz CT molecular complexity index is 453. The van der Waals surface area contributed by atoms with Crippen LogP contribution in [0.5, 0.6) is 0 Å². The number of rotatable bonds is 3. The number of sulfone groups is 1. The summed E-state index contributed by atoms with van der Waals surface area (Å²) in [5.74, 6) is 0.0373. The quantitative estimate of drug-likeness (QED) is 0.896. The van der Waals surface area contributed by atoms with Crippen LogP contribution >= 0.6 is 0 Å². The zero-order chi connectivity index (χ0) is 12.3. The highest BCUT2D eigenvalue weighted by Gasteiger charge is 2.34. The Morgan fingerprint density at radius 2 is 1.76 bits per heavy atom. The summed E-state index contributed by atoms with van der Waals surface area (Å²) in [5, 5.41) is 9.23. The molecule has 4 heteroatoms. The van der Waals surface area contributed by atoms with Crippen molar-refractivity contribution in [2.24, 2.45) is 0 Å². The maximum absolute atomic E-state index is 12.2. The molecule has 1 fully saturated rings. The molecule has 0 radical (unpaired) electrons. The van der Waals surface area contributed by atoms with Crippen LogP contribution in [0, 0.1) is 0 Å². The SMILES string of the molecule is O=S(=O)(Cc1ccccc1)[C@H]1CCCC[C@@H]1O. The fraction of sp³-hybridized carbons (Fsp3) is 0.538. The van der Waals surface area contributed by atoms with E-state index in [4.69, 9.17) is 0 Å². The Morgan fingerprint density at radius 1 is 1.12 bits per heavy atom. The number of benzene rings is 1. The van der Waals surface area contributed by atoms with Crippen LogP contribution in [0.25, 0.3) is 0 Å². The van der Waals surface area contributed by atoms with Crippen molar-refractivity contribution in [3.8, 4) is 0 Å². The van der Waals surface area contributed by atoms with E-state index in [-0.39, 0.29) is 5.75 Å². The Labute approximate surface area is 102 Å². The molecule has 0 spiro atoms. The smallest absolute Gasteiger partial charge is 0.159 e. The summed E-state index contributed by atoms with van der Waals surface area (Å²) in [6.45, 7) is 0. The third-order valence-electron chi connectivity index (χ3n) is 3.34. The molecule has 1 aliphatic carbocycles. The van der Waals surface area contributed by atoms with E-state index in [1.807, 2.05) is 30.3 Å². The second-order valence-electron chi connectivity index (χ2n) is 4.68. The first-order valence-electron chi connectivity index (χ1n) is 6.03. The lowest BCUT2D eigenvalue weighted by Gasteiger charge is -2.27. The van der Waals surface area contributed by atoms with Crippen molar-refractivity contribution < 1.29 is 13.5 Å². The summed E-state index contributed by atoms with van der Waals surface area (Å²) in [7, 11) is -3.24. The first-order chi connectivity index (χ1) is 8.09. The summed E-state index contributed by atoms with van der Waals surface area (Å²) in [5.41, 5.74) is 0.797. The molecule has 1 aromatic carbocycles. The molecule has 0 saturated heterocycles. The van der Waals surface area contributed by atoms with Crippen molar-refractivity contribution >= 4 is 9.84 Å². The van der Waals surface area contributed by atoms with Crippen LogP contribution in [-0.4, -0.2) is 24.9 Å². The molecule has 1 aromatic rings. The molecule has 0 bridgehead atoms. The molecule has 17 heavy (non-hydrogen) atoms. The predicted octanol–water partition coefficient (Wildman–Crippen LogP) is 1.90. The highest BCUT2D eigenvalue weighted by molar-refractivity contribution is 7.91. The largest absolute Gasteiger partial charge is 0.392 e. The minimum absolute atomic E-state index is 0.0373. The predicted molar refractivity (Wildman–Crippen MR) is 67.3 cm³/mol. The lowest BCUT2D eigenvalue weighted by molar-refractivity contribution is 0.133. The summed E-state index contributed by atoms with van der Waals surface area (Å²) in [6, 6.07) is 9.16. The van der Waals surface area contributed by atoms with E-state index >= 15 is 0 Å². The van der Waals surface area contributed by atoms with Crippen molar-refractivity contribution in [2.75, 3.05) is 0 Å². The van der Waals surface area contributed by atoms with Gasteiger partial charge < -0.3 is 5.11 Å². The fourth-order valence-corrected chi connectivity index (χ4v) is 4.42. The molecule has 94 valence electrons. The first-order valence-corrected chi connectivity index (χ1v) is 7.75. The zero-order valence-electron chi connectivity index (χ0n) is 9.75. The van der Waals surface area contributed by atoms with Crippen LogP contribution in [0.3, 0.4) is 0 Å². The van der Waals surface area contributed by atoms with Crippen molar-refractivity contribution in [3.63, 3.8) is 0 Å². The van der Waals surface area contributed by atoms with Gasteiger partial charge in [-0.2, -0.15) is 0 Å². The second kappa shape index (κ2) is 5.19. The highest BCUT2D eigenvalue weighted by atomic mass is 32.2. The van der Waals surface area contributed by atoms with E-state index in [0.29, 0.717) is 12.8 Å². The molecule has 1 N–H and O–H groups in total. The van der Waals surface area contributed by atoms with Gasteiger partial charge in [-0.3, -0.25) is 0 Å². The maximum Gasteiger partial charge on any atom is 0.159 e. The van der Waals surface area contributed by atoms with Crippen LogP contribution in [-0.2, 0) is 15.6 Å². The van der Waals surface area contributed by atoms with Gasteiger partial charge in [-0.25, -0.2) is 8.42 Å². The average molecular weight is 254 g/mol. The first kappa shape index (κ1) is 12.6. The van der Waals surface area contributed by atoms with Crippen molar-refractivity contribution in [2.45, 2.75) is 42.8 Å². The number of hydrogen-bond acceptors (Lipinski definition) is 3. The van der Waals surface area contributed by atoms with Crippen molar-refractivity contribution in [3.05, 3.63) is 35.9 Å². The number of aliphatic hydroxyl groups is 1. The van der Waals surface area contributed by atoms with Crippen LogP contribution in [0.15, 0.2) is 30.3 Å². The molecular weight excluding hydrogens is 236 g/mol. The van der Waals surface area contributed by atoms with E-state index in [0.717, 1.165) is 18.4 Å². The van der Waals surface area contributed by atoms with Gasteiger partial charge in [0, 0.05) is 0 Å². The standard InChI is InChI=1S/C13H18O3S/c14-12-8-4-5-9-13(12)17(15,16)10-11-6-2-1-3-7-11/h1-3,6-7,12-14H,4-5,8-10H2/t12-,13-/m0/s1. The molecule has 0 amide bonds. The summed E-state index contributed by atoms with van der Waals surface area (Å²) in [6.07, 6.45) is 2.35. The van der Waals surface area contributed by atoms with Gasteiger partial charge in [0.1, 0.15) is 0 Å². The number of aliphatic hydroxyl groups excluding tert-OH is 1. The molecule has 0 unspecified atom stereocenters. The second-order valence-corrected chi connectivity index (χ2v) is 6.90. The van der Waals surface area contributed by atoms with Crippen molar-refractivity contribution in [1.29, 1.82) is 0 Å². The molecule has 3 nitrogen and oxygen atoms in total. The van der Waals surface area contributed by atoms with Gasteiger partial charge in [0.2, 0.25) is 0 Å². The van der Waals surface area contributed by atoms with Gasteiger partial charge in [0.25, 0.3) is 0 Å². The van der Waals surface area contributed by atoms with Gasteiger partial charge in [-0.15, -0.1) is 0 Å². The minimum Gasteiger partial charge on any atom is -0.392 e. The van der Waals surface area contributed by atoms with E-state index in [1.165, 1.54) is 0 Å². The molecule has 1 saturated carbocycles. The number of hydrogen-bond donors (Lipinski definition) is 1. The summed E-state index contributed by atoms with van der Waals surface area (Å²) >= 11 is 0. The maximum atomic E-state index is 12.2. The lowest BCUT2D eigenvalue weighted by atomic mass is 9.97. The van der Waals surface area contributed by atoms with Crippen LogP contribution in [0.4, 0.5) is 0 Å².